The molecule has 1 aliphatic heterocycles. The SMILES string of the molecule is CNC(=O)c1cnc2c(c1)c(-c1ccc3ncc(N)c(N4CCC[C@H](NC(=O)O)C4)c3c1)cn2S(=O)(=O)c1ccc(C)cc1. The zero-order chi connectivity index (χ0) is 31.2. The van der Waals surface area contributed by atoms with Crippen LogP contribution in [0.15, 0.2) is 72.0 Å². The topological polar surface area (TPSA) is 173 Å². The number of rotatable bonds is 6. The number of pyridine rings is 2. The Morgan fingerprint density at radius 3 is 2.55 bits per heavy atom. The molecule has 13 heteroatoms. The number of aromatic nitrogens is 3. The highest BCUT2D eigenvalue weighted by Gasteiger charge is 2.26. The molecule has 1 fully saturated rings. The van der Waals surface area contributed by atoms with Crippen LogP contribution in [0.1, 0.15) is 28.8 Å². The number of carboxylic acid groups (broad SMARTS) is 1. The van der Waals surface area contributed by atoms with Gasteiger partial charge in [0, 0.05) is 54.9 Å². The Morgan fingerprint density at radius 1 is 1.05 bits per heavy atom. The average molecular weight is 614 g/mol. The largest absolute Gasteiger partial charge is 0.465 e. The highest BCUT2D eigenvalue weighted by molar-refractivity contribution is 7.90. The fraction of sp³-hybridized carbons (Fsp3) is 0.226. The van der Waals surface area contributed by atoms with Crippen molar-refractivity contribution in [3.63, 3.8) is 0 Å². The van der Waals surface area contributed by atoms with E-state index in [0.29, 0.717) is 47.2 Å². The monoisotopic (exact) mass is 613 g/mol. The lowest BCUT2D eigenvalue weighted by Crippen LogP contribution is -2.47. The number of nitrogens with two attached hydrogens (primary N) is 1. The van der Waals surface area contributed by atoms with Gasteiger partial charge in [-0.15, -0.1) is 0 Å². The number of nitrogen functional groups attached to an aromatic ring is 1. The van der Waals surface area contributed by atoms with Gasteiger partial charge >= 0.3 is 6.09 Å². The summed E-state index contributed by atoms with van der Waals surface area (Å²) in [6.45, 7) is 3.00. The van der Waals surface area contributed by atoms with Crippen molar-refractivity contribution in [2.75, 3.05) is 30.8 Å². The van der Waals surface area contributed by atoms with Crippen molar-refractivity contribution < 1.29 is 23.1 Å². The molecular formula is C31H31N7O5S. The van der Waals surface area contributed by atoms with E-state index in [4.69, 9.17) is 5.73 Å². The number of amides is 2. The molecule has 5 aromatic rings. The summed E-state index contributed by atoms with van der Waals surface area (Å²) in [7, 11) is -2.53. The first-order valence-corrected chi connectivity index (χ1v) is 15.5. The second-order valence-corrected chi connectivity index (χ2v) is 12.7. The summed E-state index contributed by atoms with van der Waals surface area (Å²) in [5.41, 5.74) is 10.9. The molecule has 4 heterocycles. The molecule has 0 aliphatic carbocycles. The fourth-order valence-corrected chi connectivity index (χ4v) is 7.10. The van der Waals surface area contributed by atoms with Gasteiger partial charge in [0.25, 0.3) is 15.9 Å². The minimum absolute atomic E-state index is 0.108. The Labute approximate surface area is 253 Å². The van der Waals surface area contributed by atoms with Crippen molar-refractivity contribution in [3.05, 3.63) is 78.2 Å². The molecule has 0 radical (unpaired) electrons. The molecule has 1 atom stereocenters. The van der Waals surface area contributed by atoms with Gasteiger partial charge in [0.1, 0.15) is 0 Å². The van der Waals surface area contributed by atoms with Crippen LogP contribution in [0.25, 0.3) is 33.1 Å². The van der Waals surface area contributed by atoms with E-state index in [1.165, 1.54) is 19.4 Å². The van der Waals surface area contributed by atoms with Gasteiger partial charge in [-0.1, -0.05) is 23.8 Å². The molecule has 0 unspecified atom stereocenters. The Bertz CT molecular complexity index is 2040. The number of hydrogen-bond donors (Lipinski definition) is 4. The molecule has 2 aromatic carbocycles. The Hall–Kier alpha value is -5.17. The molecule has 226 valence electrons. The number of piperidine rings is 1. The molecule has 5 N–H and O–H groups in total. The molecular weight excluding hydrogens is 582 g/mol. The summed E-state index contributed by atoms with van der Waals surface area (Å²) >= 11 is 0. The van der Waals surface area contributed by atoms with E-state index in [0.717, 1.165) is 27.0 Å². The lowest BCUT2D eigenvalue weighted by Gasteiger charge is -2.35. The van der Waals surface area contributed by atoms with Crippen molar-refractivity contribution in [1.29, 1.82) is 0 Å². The molecule has 44 heavy (non-hydrogen) atoms. The first-order valence-electron chi connectivity index (χ1n) is 14.0. The maximum absolute atomic E-state index is 13.9. The van der Waals surface area contributed by atoms with Gasteiger partial charge in [0.15, 0.2) is 5.65 Å². The van der Waals surface area contributed by atoms with Crippen LogP contribution < -0.4 is 21.3 Å². The highest BCUT2D eigenvalue weighted by atomic mass is 32.2. The van der Waals surface area contributed by atoms with E-state index in [2.05, 4.69) is 25.5 Å². The standard InChI is InChI=1S/C31H31N7O5S/c1-18-5-8-22(9-6-18)44(42,43)38-17-25(23-13-20(30(39)33-2)14-35-29(23)38)19-7-10-27-24(12-19)28(26(32)15-34-27)37-11-3-4-21(16-37)36-31(40)41/h5-10,12-15,17,21,36H,3-4,11,16,32H2,1-2H3,(H,33,39)(H,40,41)/t21-/m0/s1. The number of nitrogens with one attached hydrogen (secondary N) is 2. The smallest absolute Gasteiger partial charge is 0.404 e. The fourth-order valence-electron chi connectivity index (χ4n) is 5.77. The molecule has 0 bridgehead atoms. The quantitative estimate of drug-likeness (QED) is 0.221. The minimum Gasteiger partial charge on any atom is -0.465 e. The summed E-state index contributed by atoms with van der Waals surface area (Å²) < 4.78 is 28.9. The van der Waals surface area contributed by atoms with Crippen molar-refractivity contribution >= 4 is 55.3 Å². The normalized spacial score (nSPS) is 15.4. The van der Waals surface area contributed by atoms with E-state index < -0.39 is 16.1 Å². The van der Waals surface area contributed by atoms with Gasteiger partial charge in [0.2, 0.25) is 0 Å². The third kappa shape index (κ3) is 5.15. The zero-order valence-corrected chi connectivity index (χ0v) is 24.9. The molecule has 2 amide bonds. The van der Waals surface area contributed by atoms with Crippen LogP contribution in [0.2, 0.25) is 0 Å². The van der Waals surface area contributed by atoms with Crippen molar-refractivity contribution in [1.82, 2.24) is 24.6 Å². The summed E-state index contributed by atoms with van der Waals surface area (Å²) in [6.07, 6.45) is 4.87. The molecule has 12 nitrogen and oxygen atoms in total. The lowest BCUT2D eigenvalue weighted by molar-refractivity contribution is 0.0962. The van der Waals surface area contributed by atoms with E-state index in [1.54, 1.807) is 36.5 Å². The van der Waals surface area contributed by atoms with E-state index in [9.17, 15) is 23.1 Å². The van der Waals surface area contributed by atoms with Crippen LogP contribution in [0, 0.1) is 6.92 Å². The summed E-state index contributed by atoms with van der Waals surface area (Å²) in [5.74, 6) is -0.355. The second kappa shape index (κ2) is 11.2. The number of nitrogens with zero attached hydrogens (tertiary/aromatic N) is 4. The number of aryl methyl sites for hydroxylation is 1. The van der Waals surface area contributed by atoms with E-state index in [1.807, 2.05) is 25.1 Å². The third-order valence-corrected chi connectivity index (χ3v) is 9.59. The number of fused-ring (bicyclic) bond motifs is 2. The Kier molecular flexibility index (Phi) is 7.33. The van der Waals surface area contributed by atoms with E-state index >= 15 is 0 Å². The zero-order valence-electron chi connectivity index (χ0n) is 24.1. The van der Waals surface area contributed by atoms with Crippen LogP contribution in [-0.2, 0) is 10.0 Å². The molecule has 1 aliphatic rings. The van der Waals surface area contributed by atoms with Gasteiger partial charge < -0.3 is 26.4 Å². The van der Waals surface area contributed by atoms with Gasteiger partial charge in [-0.3, -0.25) is 9.78 Å². The van der Waals surface area contributed by atoms with Crippen LogP contribution >= 0.6 is 0 Å². The molecule has 3 aromatic heterocycles. The van der Waals surface area contributed by atoms with Crippen molar-refractivity contribution in [2.24, 2.45) is 0 Å². The molecule has 0 saturated carbocycles. The van der Waals surface area contributed by atoms with Crippen molar-refractivity contribution in [3.8, 4) is 11.1 Å². The summed E-state index contributed by atoms with van der Waals surface area (Å²) in [6, 6.07) is 13.5. The highest BCUT2D eigenvalue weighted by Crippen LogP contribution is 2.38. The second-order valence-electron chi connectivity index (χ2n) is 10.9. The van der Waals surface area contributed by atoms with Gasteiger partial charge in [-0.25, -0.2) is 22.2 Å². The predicted molar refractivity (Wildman–Crippen MR) is 168 cm³/mol. The van der Waals surface area contributed by atoms with E-state index in [-0.39, 0.29) is 28.1 Å². The minimum atomic E-state index is -4.04. The number of carbonyl (C=O) groups excluding carboxylic acids is 1. The molecule has 0 spiro atoms. The van der Waals surface area contributed by atoms with Gasteiger partial charge in [-0.2, -0.15) is 0 Å². The number of benzene rings is 2. The Morgan fingerprint density at radius 2 is 1.82 bits per heavy atom. The van der Waals surface area contributed by atoms with Crippen LogP contribution in [0.3, 0.4) is 0 Å². The number of hydrogen-bond acceptors (Lipinski definition) is 8. The number of anilines is 2. The average Bonchev–Trinajstić information content (AvgIpc) is 3.40. The third-order valence-electron chi connectivity index (χ3n) is 7.92. The lowest BCUT2D eigenvalue weighted by atomic mass is 9.99. The maximum Gasteiger partial charge on any atom is 0.404 e. The molecule has 1 saturated heterocycles. The first-order chi connectivity index (χ1) is 21.1. The van der Waals surface area contributed by atoms with Crippen LogP contribution in [0.4, 0.5) is 16.2 Å². The Balaban J connectivity index is 1.54. The summed E-state index contributed by atoms with van der Waals surface area (Å²) in [5, 5.41) is 15.6. The summed E-state index contributed by atoms with van der Waals surface area (Å²) in [4.78, 5) is 35.0. The molecule has 6 rings (SSSR count). The maximum atomic E-state index is 13.9. The van der Waals surface area contributed by atoms with Gasteiger partial charge in [0.05, 0.1) is 33.5 Å². The van der Waals surface area contributed by atoms with Gasteiger partial charge in [-0.05, 0) is 55.7 Å². The number of carbonyl (C=O) groups is 2. The predicted octanol–water partition coefficient (Wildman–Crippen LogP) is 3.98. The van der Waals surface area contributed by atoms with Crippen LogP contribution in [-0.4, -0.2) is 65.6 Å². The van der Waals surface area contributed by atoms with Crippen LogP contribution in [0.5, 0.6) is 0 Å². The first kappa shape index (κ1) is 28.9. The van der Waals surface area contributed by atoms with Crippen molar-refractivity contribution in [2.45, 2.75) is 30.7 Å².